The van der Waals surface area contributed by atoms with E-state index in [4.69, 9.17) is 17.5 Å². The number of nitrogens with one attached hydrogen (secondary N) is 2. The van der Waals surface area contributed by atoms with E-state index in [2.05, 4.69) is 66.8 Å². The molecule has 10 nitrogen and oxygen atoms in total. The number of unbranched alkanes of at least 4 members (excludes halogenated alkanes) is 28. The predicted molar refractivity (Wildman–Crippen MR) is 241 cm³/mol. The van der Waals surface area contributed by atoms with Gasteiger partial charge in [-0.2, -0.15) is 0 Å². The molecule has 0 heterocycles. The summed E-state index contributed by atoms with van der Waals surface area (Å²) in [5, 5.41) is 6.07. The number of hydrogen-bond donors (Lipinski definition) is 2. The zero-order chi connectivity index (χ0) is 43.5. The molecular formula is C46H98N4O6S. The molecule has 0 aliphatic carbocycles. The monoisotopic (exact) mass is 835 g/mol. The van der Waals surface area contributed by atoms with Gasteiger partial charge in [-0.25, -0.2) is 0 Å². The molecular weight excluding hydrogens is 737 g/mol. The van der Waals surface area contributed by atoms with Crippen LogP contribution in [0.4, 0.5) is 0 Å². The van der Waals surface area contributed by atoms with E-state index in [1.54, 1.807) is 0 Å². The molecule has 0 spiro atoms. The smallest absolute Gasteiger partial charge is 0.220 e. The molecule has 0 radical (unpaired) electrons. The quantitative estimate of drug-likeness (QED) is 0.0275. The molecule has 2 N–H and O–H groups in total. The van der Waals surface area contributed by atoms with E-state index in [0.717, 1.165) is 48.0 Å². The largest absolute Gasteiger partial charge is 0.759 e. The lowest BCUT2D eigenvalue weighted by molar-refractivity contribution is -0.869. The van der Waals surface area contributed by atoms with Crippen LogP contribution in [0, 0.1) is 0 Å². The van der Waals surface area contributed by atoms with Gasteiger partial charge in [0.2, 0.25) is 11.8 Å². The summed E-state index contributed by atoms with van der Waals surface area (Å²) in [5.41, 5.74) is 0. The molecule has 2 amide bonds. The van der Waals surface area contributed by atoms with Crippen molar-refractivity contribution in [3.05, 3.63) is 0 Å². The fraction of sp³-hybridized carbons (Fsp3) is 0.957. The molecule has 0 saturated heterocycles. The van der Waals surface area contributed by atoms with Crippen molar-refractivity contribution >= 4 is 22.2 Å². The van der Waals surface area contributed by atoms with Crippen molar-refractivity contribution in [1.82, 2.24) is 10.6 Å². The Bertz CT molecular complexity index is 897. The Morgan fingerprint density at radius 1 is 0.386 bits per heavy atom. The van der Waals surface area contributed by atoms with Crippen molar-refractivity contribution in [1.29, 1.82) is 0 Å². The lowest BCUT2D eigenvalue weighted by atomic mass is 10.0. The number of carbonyl (C=O) groups is 2. The van der Waals surface area contributed by atoms with E-state index in [9.17, 15) is 9.59 Å². The summed E-state index contributed by atoms with van der Waals surface area (Å²) in [6.07, 6.45) is 42.5. The summed E-state index contributed by atoms with van der Waals surface area (Å²) >= 11 is 0. The van der Waals surface area contributed by atoms with E-state index < -0.39 is 10.4 Å². The number of amides is 2. The van der Waals surface area contributed by atoms with E-state index >= 15 is 0 Å². The van der Waals surface area contributed by atoms with Gasteiger partial charge in [-0.1, -0.05) is 194 Å². The van der Waals surface area contributed by atoms with Crippen LogP contribution in [-0.4, -0.2) is 107 Å². The van der Waals surface area contributed by atoms with Crippen molar-refractivity contribution in [2.24, 2.45) is 0 Å². The lowest BCUT2D eigenvalue weighted by Crippen LogP contribution is -2.41. The molecule has 0 aromatic carbocycles. The minimum absolute atomic E-state index is 0.230. The highest BCUT2D eigenvalue weighted by molar-refractivity contribution is 7.79. The van der Waals surface area contributed by atoms with Gasteiger partial charge >= 0.3 is 0 Å². The number of likely N-dealkylation sites (N-methyl/N-ethyl adjacent to an activating group) is 2. The second-order valence-electron chi connectivity index (χ2n) is 18.5. The Labute approximate surface area is 355 Å². The van der Waals surface area contributed by atoms with Crippen LogP contribution < -0.4 is 10.6 Å². The molecule has 0 aromatic rings. The number of rotatable bonds is 38. The molecule has 0 aromatic heterocycles. The van der Waals surface area contributed by atoms with Gasteiger partial charge in [0.15, 0.2) is 0 Å². The van der Waals surface area contributed by atoms with Crippen molar-refractivity contribution in [3.63, 3.8) is 0 Å². The van der Waals surface area contributed by atoms with Gasteiger partial charge in [0.05, 0.1) is 68.5 Å². The first-order valence-corrected chi connectivity index (χ1v) is 25.1. The fourth-order valence-corrected chi connectivity index (χ4v) is 6.55. The third-order valence-corrected chi connectivity index (χ3v) is 10.2. The Balaban J connectivity index is -0.000000913. The maximum absolute atomic E-state index is 11.7. The summed E-state index contributed by atoms with van der Waals surface area (Å²) in [4.78, 5) is 23.5. The molecule has 344 valence electrons. The molecule has 0 fully saturated rings. The highest BCUT2D eigenvalue weighted by Gasteiger charge is 2.09. The van der Waals surface area contributed by atoms with E-state index in [1.165, 1.54) is 180 Å². The van der Waals surface area contributed by atoms with Gasteiger partial charge in [-0.15, -0.1) is 0 Å². The topological polar surface area (TPSA) is 138 Å². The van der Waals surface area contributed by atoms with Gasteiger partial charge in [-0.3, -0.25) is 18.0 Å². The average molecular weight is 835 g/mol. The van der Waals surface area contributed by atoms with Crippen LogP contribution in [0.15, 0.2) is 0 Å². The highest BCUT2D eigenvalue weighted by atomic mass is 32.3. The number of nitrogens with zero attached hydrogens (tertiary/aromatic N) is 2. The van der Waals surface area contributed by atoms with Gasteiger partial charge in [0.25, 0.3) is 0 Å². The Morgan fingerprint density at radius 2 is 0.561 bits per heavy atom. The standard InChI is InChI=1S/2C23H48N2O.H2O4S/c2*1-5-6-7-8-9-10-11-12-13-14-15-16-17-18-19-20-23(26)24-21-22-25(2,3)4;1-5(2,3)4/h2*5-22H2,1-4H3;(H2,1,2,3,4). The molecule has 11 heteroatoms. The highest BCUT2D eigenvalue weighted by Crippen LogP contribution is 2.15. The third kappa shape index (κ3) is 69.7. The fourth-order valence-electron chi connectivity index (χ4n) is 6.55. The van der Waals surface area contributed by atoms with Crippen LogP contribution in [0.3, 0.4) is 0 Å². The summed E-state index contributed by atoms with van der Waals surface area (Å²) in [5.74, 6) is 0.460. The maximum Gasteiger partial charge on any atom is 0.220 e. The first-order chi connectivity index (χ1) is 26.9. The summed E-state index contributed by atoms with van der Waals surface area (Å²) < 4.78 is 35.9. The molecule has 0 unspecified atom stereocenters. The molecule has 0 atom stereocenters. The first kappa shape index (κ1) is 60.0. The number of carbonyl (C=O) groups excluding carboxylic acids is 2. The third-order valence-electron chi connectivity index (χ3n) is 10.2. The molecule has 0 rings (SSSR count). The van der Waals surface area contributed by atoms with Crippen molar-refractivity contribution in [3.8, 4) is 0 Å². The lowest BCUT2D eigenvalue weighted by Gasteiger charge is -2.23. The molecule has 57 heavy (non-hydrogen) atoms. The van der Waals surface area contributed by atoms with Crippen molar-refractivity contribution in [2.75, 3.05) is 68.5 Å². The van der Waals surface area contributed by atoms with E-state index in [0.29, 0.717) is 12.8 Å². The van der Waals surface area contributed by atoms with Crippen LogP contribution in [0.2, 0.25) is 0 Å². The zero-order valence-corrected chi connectivity index (χ0v) is 40.0. The molecule has 0 aliphatic heterocycles. The van der Waals surface area contributed by atoms with Crippen LogP contribution in [0.1, 0.15) is 219 Å². The SMILES string of the molecule is CCCCCCCCCCCCCCCCCC(=O)NCC[N+](C)(C)C.CCCCCCCCCCCCCCCCCC(=O)NCC[N+](C)(C)C.O=S(=O)([O-])[O-]. The summed E-state index contributed by atoms with van der Waals surface area (Å²) in [6.45, 7) is 8.13. The Morgan fingerprint density at radius 3 is 0.737 bits per heavy atom. The molecule has 0 saturated carbocycles. The second kappa shape index (κ2) is 42.8. The van der Waals surface area contributed by atoms with Gasteiger partial charge in [0, 0.05) is 23.2 Å². The minimum atomic E-state index is -5.17. The minimum Gasteiger partial charge on any atom is -0.759 e. The van der Waals surface area contributed by atoms with Gasteiger partial charge in [-0.05, 0) is 12.8 Å². The average Bonchev–Trinajstić information content (AvgIpc) is 3.10. The van der Waals surface area contributed by atoms with Crippen molar-refractivity contribution in [2.45, 2.75) is 219 Å². The van der Waals surface area contributed by atoms with Crippen LogP contribution in [0.5, 0.6) is 0 Å². The predicted octanol–water partition coefficient (Wildman–Crippen LogP) is 10.8. The van der Waals surface area contributed by atoms with Gasteiger partial charge < -0.3 is 28.7 Å². The Kier molecular flexibility index (Phi) is 45.1. The van der Waals surface area contributed by atoms with Crippen LogP contribution in [-0.2, 0) is 20.0 Å². The Hall–Kier alpha value is -1.27. The second-order valence-corrected chi connectivity index (χ2v) is 19.4. The number of quaternary nitrogens is 2. The molecule has 0 bridgehead atoms. The van der Waals surface area contributed by atoms with Crippen LogP contribution in [0.25, 0.3) is 0 Å². The maximum atomic E-state index is 11.7. The van der Waals surface area contributed by atoms with Crippen LogP contribution >= 0.6 is 0 Å². The van der Waals surface area contributed by atoms with E-state index in [-0.39, 0.29) is 11.8 Å². The van der Waals surface area contributed by atoms with Crippen molar-refractivity contribution < 1.29 is 36.1 Å². The normalized spacial score (nSPS) is 11.7. The van der Waals surface area contributed by atoms with Gasteiger partial charge in [0.1, 0.15) is 0 Å². The number of hydrogen-bond acceptors (Lipinski definition) is 6. The molecule has 0 aliphatic rings. The summed E-state index contributed by atoms with van der Waals surface area (Å²) in [6, 6.07) is 0. The summed E-state index contributed by atoms with van der Waals surface area (Å²) in [7, 11) is 7.75. The first-order valence-electron chi connectivity index (χ1n) is 23.7. The van der Waals surface area contributed by atoms with E-state index in [1.807, 2.05) is 0 Å². The zero-order valence-electron chi connectivity index (χ0n) is 39.2.